The highest BCUT2D eigenvalue weighted by molar-refractivity contribution is 5.08. The lowest BCUT2D eigenvalue weighted by molar-refractivity contribution is 0.418. The van der Waals surface area contributed by atoms with Crippen LogP contribution in [0.5, 0.6) is 0 Å². The predicted octanol–water partition coefficient (Wildman–Crippen LogP) is 2.78. The van der Waals surface area contributed by atoms with Crippen LogP contribution in [0.1, 0.15) is 51.6 Å². The third-order valence-corrected chi connectivity index (χ3v) is 3.81. The van der Waals surface area contributed by atoms with Crippen molar-refractivity contribution in [1.29, 1.82) is 0 Å². The molecule has 1 saturated carbocycles. The maximum Gasteiger partial charge on any atom is 0.0492 e. The van der Waals surface area contributed by atoms with E-state index in [-0.39, 0.29) is 0 Å². The highest BCUT2D eigenvalue weighted by Crippen LogP contribution is 2.25. The number of hydrogen-bond acceptors (Lipinski definition) is 2. The molecule has 3 heteroatoms. The lowest BCUT2D eigenvalue weighted by Crippen LogP contribution is -2.27. The maximum absolute atomic E-state index is 4.41. The van der Waals surface area contributed by atoms with Crippen molar-refractivity contribution in [3.8, 4) is 0 Å². The highest BCUT2D eigenvalue weighted by atomic mass is 15.3. The molecular formula is C14H25N3. The zero-order valence-corrected chi connectivity index (χ0v) is 11.3. The van der Waals surface area contributed by atoms with Gasteiger partial charge in [-0.1, -0.05) is 20.8 Å². The fraction of sp³-hybridized carbons (Fsp3) is 0.786. The minimum absolute atomic E-state index is 0.579. The largest absolute Gasteiger partial charge is 0.314 e. The van der Waals surface area contributed by atoms with Gasteiger partial charge in [0.1, 0.15) is 0 Å². The molecule has 0 bridgehead atoms. The molecule has 1 aliphatic rings. The van der Waals surface area contributed by atoms with E-state index in [1.165, 1.54) is 18.5 Å². The fourth-order valence-electron chi connectivity index (χ4n) is 2.24. The van der Waals surface area contributed by atoms with Crippen molar-refractivity contribution in [3.05, 3.63) is 18.0 Å². The molecule has 1 heterocycles. The van der Waals surface area contributed by atoms with Crippen LogP contribution >= 0.6 is 0 Å². The molecule has 0 radical (unpaired) electrons. The van der Waals surface area contributed by atoms with Crippen LogP contribution in [-0.2, 0) is 6.54 Å². The standard InChI is InChI=1S/C14H25N3/c1-4-9-17-14(7-8-16-17)12(3)11(2)10-15-13-5-6-13/h7-8,11-13,15H,4-6,9-10H2,1-3H3. The van der Waals surface area contributed by atoms with E-state index < -0.39 is 0 Å². The van der Waals surface area contributed by atoms with Crippen LogP contribution < -0.4 is 5.32 Å². The normalized spacial score (nSPS) is 19.2. The highest BCUT2D eigenvalue weighted by Gasteiger charge is 2.23. The smallest absolute Gasteiger partial charge is 0.0492 e. The van der Waals surface area contributed by atoms with Gasteiger partial charge in [-0.3, -0.25) is 4.68 Å². The van der Waals surface area contributed by atoms with Crippen LogP contribution in [0, 0.1) is 5.92 Å². The number of rotatable bonds is 7. The van der Waals surface area contributed by atoms with Gasteiger partial charge < -0.3 is 5.32 Å². The van der Waals surface area contributed by atoms with Gasteiger partial charge in [-0.25, -0.2) is 0 Å². The zero-order valence-electron chi connectivity index (χ0n) is 11.3. The molecule has 17 heavy (non-hydrogen) atoms. The van der Waals surface area contributed by atoms with E-state index in [1.807, 2.05) is 6.20 Å². The Morgan fingerprint density at radius 1 is 1.47 bits per heavy atom. The summed E-state index contributed by atoms with van der Waals surface area (Å²) < 4.78 is 2.16. The molecule has 0 aliphatic heterocycles. The van der Waals surface area contributed by atoms with E-state index in [4.69, 9.17) is 0 Å². The summed E-state index contributed by atoms with van der Waals surface area (Å²) >= 11 is 0. The summed E-state index contributed by atoms with van der Waals surface area (Å²) in [5, 5.41) is 8.03. The molecule has 0 spiro atoms. The van der Waals surface area contributed by atoms with Gasteiger partial charge in [-0.05, 0) is 37.8 Å². The third-order valence-electron chi connectivity index (χ3n) is 3.81. The quantitative estimate of drug-likeness (QED) is 0.787. The van der Waals surface area contributed by atoms with E-state index in [0.717, 1.165) is 25.6 Å². The number of nitrogens with one attached hydrogen (secondary N) is 1. The Morgan fingerprint density at radius 3 is 2.88 bits per heavy atom. The summed E-state index contributed by atoms with van der Waals surface area (Å²) in [6.45, 7) is 9.03. The Hall–Kier alpha value is -0.830. The second kappa shape index (κ2) is 5.67. The molecular weight excluding hydrogens is 210 g/mol. The van der Waals surface area contributed by atoms with Crippen molar-refractivity contribution in [2.24, 2.45) is 5.92 Å². The van der Waals surface area contributed by atoms with Gasteiger partial charge in [0.2, 0.25) is 0 Å². The topological polar surface area (TPSA) is 29.9 Å². The van der Waals surface area contributed by atoms with Crippen molar-refractivity contribution < 1.29 is 0 Å². The van der Waals surface area contributed by atoms with E-state index in [2.05, 4.69) is 41.9 Å². The summed E-state index contributed by atoms with van der Waals surface area (Å²) in [5.41, 5.74) is 1.39. The predicted molar refractivity (Wildman–Crippen MR) is 71.1 cm³/mol. The first-order chi connectivity index (χ1) is 8.22. The van der Waals surface area contributed by atoms with E-state index >= 15 is 0 Å². The van der Waals surface area contributed by atoms with Gasteiger partial charge in [-0.2, -0.15) is 5.10 Å². The number of aromatic nitrogens is 2. The van der Waals surface area contributed by atoms with E-state index in [0.29, 0.717) is 11.8 Å². The number of hydrogen-bond donors (Lipinski definition) is 1. The molecule has 1 fully saturated rings. The van der Waals surface area contributed by atoms with Crippen molar-refractivity contribution >= 4 is 0 Å². The van der Waals surface area contributed by atoms with Crippen LogP contribution in [0.2, 0.25) is 0 Å². The Kier molecular flexibility index (Phi) is 4.21. The molecule has 1 aromatic rings. The Morgan fingerprint density at radius 2 is 2.24 bits per heavy atom. The van der Waals surface area contributed by atoms with Crippen molar-refractivity contribution in [3.63, 3.8) is 0 Å². The van der Waals surface area contributed by atoms with Crippen molar-refractivity contribution in [2.45, 2.75) is 58.5 Å². The zero-order chi connectivity index (χ0) is 12.3. The maximum atomic E-state index is 4.41. The van der Waals surface area contributed by atoms with Gasteiger partial charge in [0.05, 0.1) is 0 Å². The molecule has 96 valence electrons. The average Bonchev–Trinajstić information content (AvgIpc) is 3.05. The molecule has 2 atom stereocenters. The molecule has 0 amide bonds. The summed E-state index contributed by atoms with van der Waals surface area (Å²) in [4.78, 5) is 0. The summed E-state index contributed by atoms with van der Waals surface area (Å²) in [6, 6.07) is 2.98. The number of aryl methyl sites for hydroxylation is 1. The first-order valence-corrected chi connectivity index (χ1v) is 6.97. The Balaban J connectivity index is 1.91. The Bertz CT molecular complexity index is 341. The number of nitrogens with zero attached hydrogens (tertiary/aromatic N) is 2. The van der Waals surface area contributed by atoms with Gasteiger partial charge in [0, 0.05) is 30.4 Å². The summed E-state index contributed by atoms with van der Waals surface area (Å²) in [6.07, 6.45) is 5.82. The monoisotopic (exact) mass is 235 g/mol. The van der Waals surface area contributed by atoms with Crippen molar-refractivity contribution in [2.75, 3.05) is 6.54 Å². The lowest BCUT2D eigenvalue weighted by Gasteiger charge is -2.21. The lowest BCUT2D eigenvalue weighted by atomic mass is 9.92. The fourth-order valence-corrected chi connectivity index (χ4v) is 2.24. The van der Waals surface area contributed by atoms with Crippen molar-refractivity contribution in [1.82, 2.24) is 15.1 Å². The molecule has 1 aromatic heterocycles. The Labute approximate surface area is 105 Å². The van der Waals surface area contributed by atoms with Crippen LogP contribution in [0.3, 0.4) is 0 Å². The second-order valence-electron chi connectivity index (χ2n) is 5.43. The SMILES string of the molecule is CCCn1nccc1C(C)C(C)CNC1CC1. The third kappa shape index (κ3) is 3.32. The molecule has 2 unspecified atom stereocenters. The summed E-state index contributed by atoms with van der Waals surface area (Å²) in [5.74, 6) is 1.25. The first-order valence-electron chi connectivity index (χ1n) is 6.97. The van der Waals surface area contributed by atoms with Crippen LogP contribution in [-0.4, -0.2) is 22.4 Å². The van der Waals surface area contributed by atoms with Gasteiger partial charge in [0.25, 0.3) is 0 Å². The minimum Gasteiger partial charge on any atom is -0.314 e. The molecule has 1 N–H and O–H groups in total. The van der Waals surface area contributed by atoms with Crippen LogP contribution in [0.25, 0.3) is 0 Å². The molecule has 0 saturated heterocycles. The molecule has 1 aliphatic carbocycles. The molecule has 0 aromatic carbocycles. The average molecular weight is 235 g/mol. The molecule has 3 nitrogen and oxygen atoms in total. The van der Waals surface area contributed by atoms with E-state index in [9.17, 15) is 0 Å². The molecule has 2 rings (SSSR count). The van der Waals surface area contributed by atoms with Gasteiger partial charge in [0.15, 0.2) is 0 Å². The van der Waals surface area contributed by atoms with Crippen LogP contribution in [0.4, 0.5) is 0 Å². The van der Waals surface area contributed by atoms with Gasteiger partial charge >= 0.3 is 0 Å². The van der Waals surface area contributed by atoms with Crippen LogP contribution in [0.15, 0.2) is 12.3 Å². The minimum atomic E-state index is 0.579. The second-order valence-corrected chi connectivity index (χ2v) is 5.43. The van der Waals surface area contributed by atoms with Gasteiger partial charge in [-0.15, -0.1) is 0 Å². The first kappa shape index (κ1) is 12.6. The van der Waals surface area contributed by atoms with E-state index in [1.54, 1.807) is 0 Å². The summed E-state index contributed by atoms with van der Waals surface area (Å²) in [7, 11) is 0.